The molecule has 1 aromatic heterocycles. The van der Waals surface area contributed by atoms with Gasteiger partial charge in [-0.05, 0) is 19.8 Å². The normalized spacial score (nSPS) is 11.0. The fraction of sp³-hybridized carbons (Fsp3) is 0.600. The number of hydrogen-bond donors (Lipinski definition) is 1. The zero-order chi connectivity index (χ0) is 10.7. The number of nitrogens with zero attached hydrogens (tertiary/aromatic N) is 1. The number of hydrogen-bond acceptors (Lipinski definition) is 3. The van der Waals surface area contributed by atoms with E-state index in [0.717, 1.165) is 5.69 Å². The zero-order valence-corrected chi connectivity index (χ0v) is 9.81. The molecule has 0 aliphatic carbocycles. The summed E-state index contributed by atoms with van der Waals surface area (Å²) >= 11 is 1.40. The van der Waals surface area contributed by atoms with E-state index in [2.05, 4.69) is 24.1 Å². The van der Waals surface area contributed by atoms with Gasteiger partial charge in [-0.15, -0.1) is 11.3 Å². The summed E-state index contributed by atoms with van der Waals surface area (Å²) in [6.45, 7) is 8.02. The SMILES string of the molecule is CC(C)NC(=O)c1nc(C(C)C)cs1. The van der Waals surface area contributed by atoms with Gasteiger partial charge in [0.25, 0.3) is 5.91 Å². The average molecular weight is 212 g/mol. The molecule has 0 spiro atoms. The molecular weight excluding hydrogens is 196 g/mol. The van der Waals surface area contributed by atoms with Crippen LogP contribution in [0.5, 0.6) is 0 Å². The molecule has 0 saturated heterocycles. The standard InChI is InChI=1S/C10H16N2OS/c1-6(2)8-5-14-10(12-8)9(13)11-7(3)4/h5-7H,1-4H3,(H,11,13). The zero-order valence-electron chi connectivity index (χ0n) is 9.00. The lowest BCUT2D eigenvalue weighted by molar-refractivity contribution is 0.0942. The Morgan fingerprint density at radius 3 is 2.50 bits per heavy atom. The molecule has 78 valence electrons. The summed E-state index contributed by atoms with van der Waals surface area (Å²) in [7, 11) is 0. The lowest BCUT2D eigenvalue weighted by Crippen LogP contribution is -2.29. The van der Waals surface area contributed by atoms with Gasteiger partial charge < -0.3 is 5.32 Å². The summed E-state index contributed by atoms with van der Waals surface area (Å²) in [5.74, 6) is 0.309. The van der Waals surface area contributed by atoms with E-state index in [-0.39, 0.29) is 11.9 Å². The highest BCUT2D eigenvalue weighted by Crippen LogP contribution is 2.17. The van der Waals surface area contributed by atoms with Crippen molar-refractivity contribution in [2.75, 3.05) is 0 Å². The minimum Gasteiger partial charge on any atom is -0.348 e. The van der Waals surface area contributed by atoms with Crippen LogP contribution in [0.1, 0.15) is 49.1 Å². The summed E-state index contributed by atoms with van der Waals surface area (Å²) < 4.78 is 0. The van der Waals surface area contributed by atoms with E-state index in [1.165, 1.54) is 11.3 Å². The predicted octanol–water partition coefficient (Wildman–Crippen LogP) is 2.40. The van der Waals surface area contributed by atoms with Crippen molar-refractivity contribution in [2.24, 2.45) is 0 Å². The number of aromatic nitrogens is 1. The summed E-state index contributed by atoms with van der Waals surface area (Å²) in [5, 5.41) is 5.32. The molecule has 0 saturated carbocycles. The summed E-state index contributed by atoms with van der Waals surface area (Å²) in [5.41, 5.74) is 0.990. The van der Waals surface area contributed by atoms with E-state index >= 15 is 0 Å². The van der Waals surface area contributed by atoms with Crippen LogP contribution in [-0.4, -0.2) is 16.9 Å². The maximum Gasteiger partial charge on any atom is 0.280 e. The molecule has 1 aromatic rings. The third kappa shape index (κ3) is 2.80. The van der Waals surface area contributed by atoms with Crippen molar-refractivity contribution in [3.05, 3.63) is 16.1 Å². The molecule has 3 nitrogen and oxygen atoms in total. The van der Waals surface area contributed by atoms with Gasteiger partial charge in [-0.1, -0.05) is 13.8 Å². The second-order valence-electron chi connectivity index (χ2n) is 3.86. The number of rotatable bonds is 3. The molecule has 4 heteroatoms. The third-order valence-electron chi connectivity index (χ3n) is 1.73. The Labute approximate surface area is 88.6 Å². The Morgan fingerprint density at radius 1 is 1.43 bits per heavy atom. The smallest absolute Gasteiger partial charge is 0.280 e. The van der Waals surface area contributed by atoms with Gasteiger partial charge in [0.15, 0.2) is 5.01 Å². The highest BCUT2D eigenvalue weighted by Gasteiger charge is 2.12. The molecule has 0 radical (unpaired) electrons. The van der Waals surface area contributed by atoms with Crippen LogP contribution in [0.15, 0.2) is 5.38 Å². The minimum absolute atomic E-state index is 0.0723. The molecular formula is C10H16N2OS. The lowest BCUT2D eigenvalue weighted by Gasteiger charge is -2.05. The molecule has 14 heavy (non-hydrogen) atoms. The molecule has 1 N–H and O–H groups in total. The number of thiazole rings is 1. The van der Waals surface area contributed by atoms with Crippen molar-refractivity contribution in [1.82, 2.24) is 10.3 Å². The maximum atomic E-state index is 11.5. The van der Waals surface area contributed by atoms with Crippen molar-refractivity contribution in [1.29, 1.82) is 0 Å². The van der Waals surface area contributed by atoms with Crippen LogP contribution in [0.4, 0.5) is 0 Å². The number of amides is 1. The maximum absolute atomic E-state index is 11.5. The molecule has 1 rings (SSSR count). The van der Waals surface area contributed by atoms with Crippen LogP contribution < -0.4 is 5.32 Å². The molecule has 0 aliphatic rings. The largest absolute Gasteiger partial charge is 0.348 e. The van der Waals surface area contributed by atoms with E-state index < -0.39 is 0 Å². The fourth-order valence-corrected chi connectivity index (χ4v) is 1.86. The first-order valence-corrected chi connectivity index (χ1v) is 5.65. The molecule has 1 heterocycles. The topological polar surface area (TPSA) is 42.0 Å². The van der Waals surface area contributed by atoms with Gasteiger partial charge in [0, 0.05) is 11.4 Å². The van der Waals surface area contributed by atoms with Gasteiger partial charge in [-0.2, -0.15) is 0 Å². The Morgan fingerprint density at radius 2 is 2.07 bits per heavy atom. The van der Waals surface area contributed by atoms with Gasteiger partial charge in [0.2, 0.25) is 0 Å². The monoisotopic (exact) mass is 212 g/mol. The van der Waals surface area contributed by atoms with Crippen molar-refractivity contribution >= 4 is 17.2 Å². The number of carbonyl (C=O) groups is 1. The van der Waals surface area contributed by atoms with Gasteiger partial charge >= 0.3 is 0 Å². The Kier molecular flexibility index (Phi) is 3.63. The van der Waals surface area contributed by atoms with Crippen LogP contribution in [0.3, 0.4) is 0 Å². The Balaban J connectivity index is 2.71. The van der Waals surface area contributed by atoms with Gasteiger partial charge in [0.1, 0.15) is 0 Å². The van der Waals surface area contributed by atoms with Crippen LogP contribution in [0, 0.1) is 0 Å². The first kappa shape index (κ1) is 11.2. The van der Waals surface area contributed by atoms with E-state index in [0.29, 0.717) is 10.9 Å². The first-order valence-electron chi connectivity index (χ1n) is 4.77. The number of carbonyl (C=O) groups excluding carboxylic acids is 1. The van der Waals surface area contributed by atoms with Crippen molar-refractivity contribution in [2.45, 2.75) is 39.7 Å². The second kappa shape index (κ2) is 4.55. The highest BCUT2D eigenvalue weighted by atomic mass is 32.1. The summed E-state index contributed by atoms with van der Waals surface area (Å²) in [6, 6.07) is 0.161. The third-order valence-corrected chi connectivity index (χ3v) is 2.59. The lowest BCUT2D eigenvalue weighted by atomic mass is 10.2. The van der Waals surface area contributed by atoms with Gasteiger partial charge in [0.05, 0.1) is 5.69 Å². The molecule has 0 fully saturated rings. The average Bonchev–Trinajstić information content (AvgIpc) is 2.50. The first-order chi connectivity index (χ1) is 6.50. The van der Waals surface area contributed by atoms with E-state index in [4.69, 9.17) is 0 Å². The van der Waals surface area contributed by atoms with Crippen molar-refractivity contribution in [3.8, 4) is 0 Å². The van der Waals surface area contributed by atoms with E-state index in [1.54, 1.807) is 0 Å². The van der Waals surface area contributed by atoms with E-state index in [1.807, 2.05) is 19.2 Å². The minimum atomic E-state index is -0.0723. The quantitative estimate of drug-likeness (QED) is 0.836. The molecule has 0 aliphatic heterocycles. The Hall–Kier alpha value is -0.900. The van der Waals surface area contributed by atoms with E-state index in [9.17, 15) is 4.79 Å². The molecule has 0 atom stereocenters. The molecule has 0 bridgehead atoms. The second-order valence-corrected chi connectivity index (χ2v) is 4.72. The van der Waals surface area contributed by atoms with Crippen molar-refractivity contribution in [3.63, 3.8) is 0 Å². The Bertz CT molecular complexity index is 318. The molecule has 1 amide bonds. The molecule has 0 unspecified atom stereocenters. The van der Waals surface area contributed by atoms with Crippen LogP contribution >= 0.6 is 11.3 Å². The van der Waals surface area contributed by atoms with Crippen LogP contribution in [-0.2, 0) is 0 Å². The molecule has 0 aromatic carbocycles. The fourth-order valence-electron chi connectivity index (χ4n) is 0.980. The van der Waals surface area contributed by atoms with Gasteiger partial charge in [-0.3, -0.25) is 4.79 Å². The summed E-state index contributed by atoms with van der Waals surface area (Å²) in [6.07, 6.45) is 0. The predicted molar refractivity (Wildman–Crippen MR) is 58.8 cm³/mol. The van der Waals surface area contributed by atoms with Crippen LogP contribution in [0.2, 0.25) is 0 Å². The van der Waals surface area contributed by atoms with Gasteiger partial charge in [-0.25, -0.2) is 4.98 Å². The van der Waals surface area contributed by atoms with Crippen LogP contribution in [0.25, 0.3) is 0 Å². The summed E-state index contributed by atoms with van der Waals surface area (Å²) in [4.78, 5) is 15.8. The number of nitrogens with one attached hydrogen (secondary N) is 1. The van der Waals surface area contributed by atoms with Crippen molar-refractivity contribution < 1.29 is 4.79 Å². The highest BCUT2D eigenvalue weighted by molar-refractivity contribution is 7.11.